The number of carbonyl (C=O) groups excluding carboxylic acids is 3. The van der Waals surface area contributed by atoms with Gasteiger partial charge in [0.25, 0.3) is 11.8 Å². The molecule has 142 valence electrons. The summed E-state index contributed by atoms with van der Waals surface area (Å²) in [5.74, 6) is -1.23. The van der Waals surface area contributed by atoms with Crippen LogP contribution in [0.4, 0.5) is 0 Å². The molecule has 0 spiro atoms. The Morgan fingerprint density at radius 3 is 2.37 bits per heavy atom. The van der Waals surface area contributed by atoms with Crippen LogP contribution in [-0.2, 0) is 20.9 Å². The molecule has 0 saturated carbocycles. The Bertz CT molecular complexity index is 778. The van der Waals surface area contributed by atoms with Gasteiger partial charge in [-0.3, -0.25) is 14.4 Å². The summed E-state index contributed by atoms with van der Waals surface area (Å²) < 4.78 is 4.95. The van der Waals surface area contributed by atoms with Crippen LogP contribution in [0.5, 0.6) is 0 Å². The minimum atomic E-state index is -0.558. The zero-order chi connectivity index (χ0) is 19.6. The van der Waals surface area contributed by atoms with Gasteiger partial charge in [0.05, 0.1) is 6.42 Å². The zero-order valence-electron chi connectivity index (χ0n) is 14.9. The molecule has 0 bridgehead atoms. The molecule has 2 rings (SSSR count). The molecule has 0 saturated heterocycles. The van der Waals surface area contributed by atoms with Gasteiger partial charge >= 0.3 is 5.97 Å². The van der Waals surface area contributed by atoms with Crippen molar-refractivity contribution >= 4 is 29.4 Å². The second-order valence-electron chi connectivity index (χ2n) is 6.01. The van der Waals surface area contributed by atoms with Gasteiger partial charge in [0.15, 0.2) is 6.61 Å². The van der Waals surface area contributed by atoms with Crippen molar-refractivity contribution in [2.24, 2.45) is 0 Å². The van der Waals surface area contributed by atoms with E-state index in [9.17, 15) is 14.4 Å². The number of ether oxygens (including phenoxy) is 1. The smallest absolute Gasteiger partial charge is 0.308 e. The summed E-state index contributed by atoms with van der Waals surface area (Å²) in [5, 5.41) is 5.98. The summed E-state index contributed by atoms with van der Waals surface area (Å²) in [7, 11) is 0. The molecule has 0 aliphatic heterocycles. The van der Waals surface area contributed by atoms with Gasteiger partial charge in [-0.1, -0.05) is 41.9 Å². The van der Waals surface area contributed by atoms with E-state index in [0.717, 1.165) is 5.56 Å². The molecule has 0 aliphatic carbocycles. The second kappa shape index (κ2) is 10.3. The standard InChI is InChI=1S/C20H21ClN2O4/c1-14(23-20(26)16-5-3-2-4-6-16)11-19(25)27-13-18(24)22-12-15-7-9-17(21)10-8-15/h2-10,14H,11-13H2,1H3,(H,22,24)(H,23,26). The Morgan fingerprint density at radius 2 is 1.70 bits per heavy atom. The van der Waals surface area contributed by atoms with Crippen molar-refractivity contribution in [3.63, 3.8) is 0 Å². The first-order chi connectivity index (χ1) is 12.9. The Balaban J connectivity index is 1.66. The Hall–Kier alpha value is -2.86. The lowest BCUT2D eigenvalue weighted by molar-refractivity contribution is -0.148. The third-order valence-corrected chi connectivity index (χ3v) is 3.91. The molecule has 2 aromatic rings. The third kappa shape index (κ3) is 7.50. The lowest BCUT2D eigenvalue weighted by atomic mass is 10.2. The van der Waals surface area contributed by atoms with Crippen molar-refractivity contribution in [1.82, 2.24) is 10.6 Å². The third-order valence-electron chi connectivity index (χ3n) is 3.65. The number of benzene rings is 2. The van der Waals surface area contributed by atoms with Crippen LogP contribution < -0.4 is 10.6 Å². The van der Waals surface area contributed by atoms with Gasteiger partial charge in [0.2, 0.25) is 0 Å². The van der Waals surface area contributed by atoms with Crippen molar-refractivity contribution in [2.45, 2.75) is 25.9 Å². The average Bonchev–Trinajstić information content (AvgIpc) is 2.66. The van der Waals surface area contributed by atoms with Crippen LogP contribution in [0.3, 0.4) is 0 Å². The first kappa shape index (κ1) is 20.5. The molecule has 2 N–H and O–H groups in total. The maximum atomic E-state index is 12.0. The van der Waals surface area contributed by atoms with Gasteiger partial charge in [0, 0.05) is 23.2 Å². The summed E-state index contributed by atoms with van der Waals surface area (Å²) in [5.41, 5.74) is 1.40. The molecule has 1 atom stereocenters. The van der Waals surface area contributed by atoms with E-state index >= 15 is 0 Å². The highest BCUT2D eigenvalue weighted by Crippen LogP contribution is 2.09. The summed E-state index contributed by atoms with van der Waals surface area (Å²) in [4.78, 5) is 35.6. The van der Waals surface area contributed by atoms with E-state index in [1.807, 2.05) is 6.07 Å². The molecule has 2 amide bonds. The molecule has 7 heteroatoms. The second-order valence-corrected chi connectivity index (χ2v) is 6.44. The van der Waals surface area contributed by atoms with E-state index in [-0.39, 0.29) is 18.9 Å². The zero-order valence-corrected chi connectivity index (χ0v) is 15.7. The van der Waals surface area contributed by atoms with E-state index in [2.05, 4.69) is 10.6 Å². The van der Waals surface area contributed by atoms with Crippen molar-refractivity contribution in [3.05, 3.63) is 70.7 Å². The van der Waals surface area contributed by atoms with Gasteiger partial charge < -0.3 is 15.4 Å². The van der Waals surface area contributed by atoms with E-state index in [1.165, 1.54) is 0 Å². The molecule has 27 heavy (non-hydrogen) atoms. The summed E-state index contributed by atoms with van der Waals surface area (Å²) in [6.07, 6.45) is -0.0248. The van der Waals surface area contributed by atoms with E-state index in [4.69, 9.17) is 16.3 Å². The summed E-state index contributed by atoms with van der Waals surface area (Å²) in [6, 6.07) is 15.3. The maximum absolute atomic E-state index is 12.0. The van der Waals surface area contributed by atoms with Crippen LogP contribution in [0.2, 0.25) is 5.02 Å². The number of nitrogens with one attached hydrogen (secondary N) is 2. The van der Waals surface area contributed by atoms with Gasteiger partial charge in [-0.25, -0.2) is 0 Å². The highest BCUT2D eigenvalue weighted by Gasteiger charge is 2.15. The minimum Gasteiger partial charge on any atom is -0.456 e. The van der Waals surface area contributed by atoms with E-state index in [1.54, 1.807) is 55.5 Å². The molecule has 0 heterocycles. The van der Waals surface area contributed by atoms with Crippen LogP contribution in [0.15, 0.2) is 54.6 Å². The highest BCUT2D eigenvalue weighted by molar-refractivity contribution is 6.30. The molecular weight excluding hydrogens is 368 g/mol. The fourth-order valence-electron chi connectivity index (χ4n) is 2.26. The lowest BCUT2D eigenvalue weighted by Crippen LogP contribution is -2.35. The normalized spacial score (nSPS) is 11.3. The predicted molar refractivity (Wildman–Crippen MR) is 102 cm³/mol. The van der Waals surface area contributed by atoms with Crippen LogP contribution in [0.25, 0.3) is 0 Å². The Kier molecular flexibility index (Phi) is 7.82. The molecule has 0 radical (unpaired) electrons. The summed E-state index contributed by atoms with van der Waals surface area (Å²) >= 11 is 5.80. The van der Waals surface area contributed by atoms with Crippen LogP contribution in [0, 0.1) is 0 Å². The fourth-order valence-corrected chi connectivity index (χ4v) is 2.38. The van der Waals surface area contributed by atoms with Crippen LogP contribution >= 0.6 is 11.6 Å². The maximum Gasteiger partial charge on any atom is 0.308 e. The SMILES string of the molecule is CC(CC(=O)OCC(=O)NCc1ccc(Cl)cc1)NC(=O)c1ccccc1. The topological polar surface area (TPSA) is 84.5 Å². The molecular formula is C20H21ClN2O4. The number of amides is 2. The molecule has 1 unspecified atom stereocenters. The summed E-state index contributed by atoms with van der Waals surface area (Å²) in [6.45, 7) is 1.64. The highest BCUT2D eigenvalue weighted by atomic mass is 35.5. The Morgan fingerprint density at radius 1 is 1.04 bits per heavy atom. The van der Waals surface area contributed by atoms with Crippen molar-refractivity contribution < 1.29 is 19.1 Å². The average molecular weight is 389 g/mol. The van der Waals surface area contributed by atoms with Gasteiger partial charge in [-0.15, -0.1) is 0 Å². The van der Waals surface area contributed by atoms with Crippen molar-refractivity contribution in [1.29, 1.82) is 0 Å². The van der Waals surface area contributed by atoms with Gasteiger partial charge in [-0.2, -0.15) is 0 Å². The molecule has 0 fully saturated rings. The monoisotopic (exact) mass is 388 g/mol. The number of halogens is 1. The van der Waals surface area contributed by atoms with Crippen LogP contribution in [-0.4, -0.2) is 30.4 Å². The van der Waals surface area contributed by atoms with E-state index < -0.39 is 17.9 Å². The largest absolute Gasteiger partial charge is 0.456 e. The number of rotatable bonds is 8. The number of esters is 1. The van der Waals surface area contributed by atoms with Gasteiger partial charge in [0.1, 0.15) is 0 Å². The van der Waals surface area contributed by atoms with Gasteiger partial charge in [-0.05, 0) is 36.8 Å². The molecule has 0 aromatic heterocycles. The molecule has 0 aliphatic rings. The Labute approximate surface area is 162 Å². The van der Waals surface area contributed by atoms with Crippen molar-refractivity contribution in [2.75, 3.05) is 6.61 Å². The quantitative estimate of drug-likeness (QED) is 0.681. The molecule has 6 nitrogen and oxygen atoms in total. The van der Waals surface area contributed by atoms with Crippen LogP contribution in [0.1, 0.15) is 29.3 Å². The van der Waals surface area contributed by atoms with Crippen molar-refractivity contribution in [3.8, 4) is 0 Å². The number of hydrogen-bond donors (Lipinski definition) is 2. The minimum absolute atomic E-state index is 0.0248. The lowest BCUT2D eigenvalue weighted by Gasteiger charge is -2.13. The number of hydrogen-bond acceptors (Lipinski definition) is 4. The number of carbonyl (C=O) groups is 3. The fraction of sp³-hybridized carbons (Fsp3) is 0.250. The van der Waals surface area contributed by atoms with E-state index in [0.29, 0.717) is 17.1 Å². The predicted octanol–water partition coefficient (Wildman–Crippen LogP) is 2.71. The first-order valence-corrected chi connectivity index (χ1v) is 8.84. The first-order valence-electron chi connectivity index (χ1n) is 8.46. The molecule has 2 aromatic carbocycles.